The van der Waals surface area contributed by atoms with Crippen LogP contribution in [0.3, 0.4) is 0 Å². The molecule has 5 nitrogen and oxygen atoms in total. The molecule has 0 aliphatic carbocycles. The fourth-order valence-electron chi connectivity index (χ4n) is 1.26. The molecule has 17 heavy (non-hydrogen) atoms. The lowest BCUT2D eigenvalue weighted by atomic mass is 10.3. The normalized spacial score (nSPS) is 10.2. The number of nitrogens with zero attached hydrogens (tertiary/aromatic N) is 1. The van der Waals surface area contributed by atoms with Crippen LogP contribution in [0, 0.1) is 5.82 Å². The summed E-state index contributed by atoms with van der Waals surface area (Å²) in [6.45, 7) is 0.0290. The summed E-state index contributed by atoms with van der Waals surface area (Å²) in [4.78, 5) is 10.6. The predicted molar refractivity (Wildman–Crippen MR) is 56.3 cm³/mol. The molecule has 1 heterocycles. The summed E-state index contributed by atoms with van der Waals surface area (Å²) in [7, 11) is 0. The molecule has 0 spiro atoms. The van der Waals surface area contributed by atoms with Crippen molar-refractivity contribution in [1.29, 1.82) is 0 Å². The Hall–Kier alpha value is -2.37. The predicted octanol–water partition coefficient (Wildman–Crippen LogP) is 1.83. The Morgan fingerprint density at radius 1 is 1.47 bits per heavy atom. The number of halogens is 1. The summed E-state index contributed by atoms with van der Waals surface area (Å²) in [5, 5.41) is 14.7. The van der Waals surface area contributed by atoms with E-state index in [1.54, 1.807) is 12.1 Å². The second-order valence-corrected chi connectivity index (χ2v) is 3.30. The third kappa shape index (κ3) is 2.60. The van der Waals surface area contributed by atoms with Crippen molar-refractivity contribution in [3.8, 4) is 5.75 Å². The van der Waals surface area contributed by atoms with Crippen molar-refractivity contribution in [2.24, 2.45) is 0 Å². The Balaban J connectivity index is 2.02. The third-order valence-corrected chi connectivity index (χ3v) is 2.07. The molecule has 0 saturated carbocycles. The first kappa shape index (κ1) is 11.1. The molecule has 2 N–H and O–H groups in total. The van der Waals surface area contributed by atoms with E-state index in [-0.39, 0.29) is 18.1 Å². The molecule has 1 aromatic carbocycles. The first-order valence-corrected chi connectivity index (χ1v) is 4.81. The molecule has 2 rings (SSSR count). The number of rotatable bonds is 4. The highest BCUT2D eigenvalue weighted by Crippen LogP contribution is 2.16. The van der Waals surface area contributed by atoms with Crippen molar-refractivity contribution in [2.45, 2.75) is 6.61 Å². The van der Waals surface area contributed by atoms with Crippen molar-refractivity contribution < 1.29 is 19.0 Å². The number of hydrogen-bond acceptors (Lipinski definition) is 3. The second-order valence-electron chi connectivity index (χ2n) is 3.30. The molecule has 0 aliphatic rings. The molecule has 88 valence electrons. The molecule has 0 aliphatic heterocycles. The molecule has 6 heteroatoms. The van der Waals surface area contributed by atoms with Gasteiger partial charge in [0.05, 0.1) is 5.69 Å². The molecule has 2 aromatic rings. The monoisotopic (exact) mass is 236 g/mol. The van der Waals surface area contributed by atoms with Gasteiger partial charge in [0.15, 0.2) is 17.3 Å². The second kappa shape index (κ2) is 4.65. The van der Waals surface area contributed by atoms with Crippen LogP contribution in [-0.2, 0) is 6.61 Å². The van der Waals surface area contributed by atoms with Gasteiger partial charge in [-0.3, -0.25) is 5.10 Å². The summed E-state index contributed by atoms with van der Waals surface area (Å²) in [6.07, 6.45) is 0. The minimum absolute atomic E-state index is 0.0290. The van der Waals surface area contributed by atoms with Gasteiger partial charge in [-0.15, -0.1) is 0 Å². The number of hydrogen-bond donors (Lipinski definition) is 2. The van der Waals surface area contributed by atoms with E-state index in [2.05, 4.69) is 10.2 Å². The number of para-hydroxylation sites is 1. The number of aromatic amines is 1. The molecule has 1 aromatic heterocycles. The molecule has 0 radical (unpaired) electrons. The van der Waals surface area contributed by atoms with Crippen LogP contribution in [-0.4, -0.2) is 21.3 Å². The van der Waals surface area contributed by atoms with Gasteiger partial charge < -0.3 is 9.84 Å². The molecule has 0 bridgehead atoms. The van der Waals surface area contributed by atoms with E-state index in [0.717, 1.165) is 0 Å². The first-order valence-electron chi connectivity index (χ1n) is 4.81. The van der Waals surface area contributed by atoms with Gasteiger partial charge in [-0.25, -0.2) is 9.18 Å². The molecule has 0 fully saturated rings. The third-order valence-electron chi connectivity index (χ3n) is 2.07. The molecule has 0 saturated heterocycles. The highest BCUT2D eigenvalue weighted by molar-refractivity contribution is 5.85. The van der Waals surface area contributed by atoms with Gasteiger partial charge >= 0.3 is 5.97 Å². The van der Waals surface area contributed by atoms with Gasteiger partial charge in [-0.05, 0) is 18.2 Å². The van der Waals surface area contributed by atoms with Gasteiger partial charge in [0.25, 0.3) is 0 Å². The van der Waals surface area contributed by atoms with E-state index in [1.165, 1.54) is 18.2 Å². The lowest BCUT2D eigenvalue weighted by Gasteiger charge is -2.04. The van der Waals surface area contributed by atoms with Gasteiger partial charge in [0.1, 0.15) is 6.61 Å². The van der Waals surface area contributed by atoms with E-state index < -0.39 is 11.8 Å². The van der Waals surface area contributed by atoms with Crippen molar-refractivity contribution in [2.75, 3.05) is 0 Å². The number of carboxylic acid groups (broad SMARTS) is 1. The molecule has 0 amide bonds. The maximum absolute atomic E-state index is 13.2. The largest absolute Gasteiger partial charge is 0.484 e. The number of aromatic carboxylic acids is 1. The Morgan fingerprint density at radius 2 is 2.24 bits per heavy atom. The van der Waals surface area contributed by atoms with Gasteiger partial charge in [-0.1, -0.05) is 12.1 Å². The summed E-state index contributed by atoms with van der Waals surface area (Å²) in [5.41, 5.74) is 0.364. The number of ether oxygens (including phenoxy) is 1. The Bertz CT molecular complexity index is 539. The smallest absolute Gasteiger partial charge is 0.356 e. The fourth-order valence-corrected chi connectivity index (χ4v) is 1.26. The Kier molecular flexibility index (Phi) is 3.04. The van der Waals surface area contributed by atoms with E-state index in [0.29, 0.717) is 5.69 Å². The summed E-state index contributed by atoms with van der Waals surface area (Å²) < 4.78 is 18.4. The Labute approximate surface area is 95.9 Å². The highest BCUT2D eigenvalue weighted by Gasteiger charge is 2.09. The zero-order valence-electron chi connectivity index (χ0n) is 8.68. The van der Waals surface area contributed by atoms with Crippen molar-refractivity contribution in [3.05, 3.63) is 47.5 Å². The van der Waals surface area contributed by atoms with Crippen molar-refractivity contribution in [3.63, 3.8) is 0 Å². The fraction of sp³-hybridized carbons (Fsp3) is 0.0909. The summed E-state index contributed by atoms with van der Waals surface area (Å²) in [6, 6.07) is 7.31. The van der Waals surface area contributed by atoms with Crippen LogP contribution in [0.2, 0.25) is 0 Å². The number of carboxylic acids is 1. The van der Waals surface area contributed by atoms with Crippen LogP contribution in [0.25, 0.3) is 0 Å². The van der Waals surface area contributed by atoms with Gasteiger partial charge in [0, 0.05) is 0 Å². The number of aromatic nitrogens is 2. The average molecular weight is 236 g/mol. The van der Waals surface area contributed by atoms with Crippen LogP contribution in [0.4, 0.5) is 4.39 Å². The average Bonchev–Trinajstić information content (AvgIpc) is 2.77. The maximum Gasteiger partial charge on any atom is 0.356 e. The van der Waals surface area contributed by atoms with Gasteiger partial charge in [0.2, 0.25) is 0 Å². The standard InChI is InChI=1S/C11H9FN2O3/c12-8-3-1-2-4-10(8)17-6-7-5-9(11(15)16)14-13-7/h1-5H,6H2,(H,13,14)(H,15,16). The van der Waals surface area contributed by atoms with Crippen LogP contribution < -0.4 is 4.74 Å². The topological polar surface area (TPSA) is 75.2 Å². The SMILES string of the molecule is O=C(O)c1cc(COc2ccccc2F)[nH]n1. The maximum atomic E-state index is 13.2. The number of carbonyl (C=O) groups is 1. The summed E-state index contributed by atoms with van der Waals surface area (Å²) >= 11 is 0. The zero-order chi connectivity index (χ0) is 12.3. The van der Waals surface area contributed by atoms with Crippen LogP contribution >= 0.6 is 0 Å². The number of H-pyrrole nitrogens is 1. The lowest BCUT2D eigenvalue weighted by Crippen LogP contribution is -1.97. The van der Waals surface area contributed by atoms with Crippen LogP contribution in [0.5, 0.6) is 5.75 Å². The lowest BCUT2D eigenvalue weighted by molar-refractivity contribution is 0.0690. The molecular weight excluding hydrogens is 227 g/mol. The molecule has 0 atom stereocenters. The molecule has 0 unspecified atom stereocenters. The van der Waals surface area contributed by atoms with E-state index >= 15 is 0 Å². The van der Waals surface area contributed by atoms with Crippen LogP contribution in [0.1, 0.15) is 16.2 Å². The zero-order valence-corrected chi connectivity index (χ0v) is 8.68. The van der Waals surface area contributed by atoms with E-state index in [9.17, 15) is 9.18 Å². The van der Waals surface area contributed by atoms with Crippen molar-refractivity contribution >= 4 is 5.97 Å². The summed E-state index contributed by atoms with van der Waals surface area (Å²) in [5.74, 6) is -1.48. The minimum Gasteiger partial charge on any atom is -0.484 e. The number of benzene rings is 1. The van der Waals surface area contributed by atoms with Crippen LogP contribution in [0.15, 0.2) is 30.3 Å². The number of nitrogens with one attached hydrogen (secondary N) is 1. The molecular formula is C11H9FN2O3. The highest BCUT2D eigenvalue weighted by atomic mass is 19.1. The Morgan fingerprint density at radius 3 is 2.88 bits per heavy atom. The van der Waals surface area contributed by atoms with Gasteiger partial charge in [-0.2, -0.15) is 5.10 Å². The quantitative estimate of drug-likeness (QED) is 0.849. The van der Waals surface area contributed by atoms with Crippen molar-refractivity contribution in [1.82, 2.24) is 10.2 Å². The van der Waals surface area contributed by atoms with E-state index in [4.69, 9.17) is 9.84 Å². The first-order chi connectivity index (χ1) is 8.16. The van der Waals surface area contributed by atoms with E-state index in [1.807, 2.05) is 0 Å². The minimum atomic E-state index is -1.13.